The molecule has 172 valence electrons. The lowest BCUT2D eigenvalue weighted by atomic mass is 10.2. The Morgan fingerprint density at radius 1 is 0.457 bits per heavy atom. The molecular weight excluding hydrogens is 426 g/mol. The van der Waals surface area contributed by atoms with Gasteiger partial charge in [0.15, 0.2) is 0 Å². The summed E-state index contributed by atoms with van der Waals surface area (Å²) in [5.41, 5.74) is 4.79. The molecule has 0 saturated heterocycles. The average molecular weight is 456 g/mol. The molecule has 3 aromatic heterocycles. The van der Waals surface area contributed by atoms with Gasteiger partial charge in [-0.15, -0.1) is 0 Å². The van der Waals surface area contributed by atoms with Gasteiger partial charge in [0.2, 0.25) is 0 Å². The maximum atomic E-state index is 4.18. The zero-order chi connectivity index (χ0) is 24.1. The Kier molecular flexibility index (Phi) is 8.45. The van der Waals surface area contributed by atoms with E-state index in [4.69, 9.17) is 0 Å². The SMILES string of the molecule is Cc1ccccc1.c1ccc2[nH]ccc2c1.c1ccc2[nH]ccc2c1.c1ccc2ncccc2c1. The van der Waals surface area contributed by atoms with Gasteiger partial charge in [0.1, 0.15) is 0 Å². The fourth-order valence-corrected chi connectivity index (χ4v) is 3.54. The molecule has 0 unspecified atom stereocenters. The van der Waals surface area contributed by atoms with E-state index in [1.807, 2.05) is 85.3 Å². The van der Waals surface area contributed by atoms with Crippen molar-refractivity contribution < 1.29 is 0 Å². The largest absolute Gasteiger partial charge is 0.361 e. The molecule has 3 heteroatoms. The van der Waals surface area contributed by atoms with E-state index in [0.717, 1.165) is 5.52 Å². The molecule has 7 rings (SSSR count). The number of hydrogen-bond acceptors (Lipinski definition) is 1. The molecule has 4 aromatic carbocycles. The standard InChI is InChI=1S/C9H7N.2C8H7N.C7H8/c1-2-6-9-8(4-1)5-3-7-10-9;2*1-2-4-8-7(3-1)5-6-9-8;1-7-5-3-2-4-6-7/h1-7H;2*1-6,9H;2-6H,1H3. The molecule has 7 aromatic rings. The summed E-state index contributed by atoms with van der Waals surface area (Å²) in [7, 11) is 0. The normalized spacial score (nSPS) is 9.86. The van der Waals surface area contributed by atoms with Crippen molar-refractivity contribution in [2.75, 3.05) is 0 Å². The van der Waals surface area contributed by atoms with Gasteiger partial charge in [0, 0.05) is 35.0 Å². The fourth-order valence-electron chi connectivity index (χ4n) is 3.54. The maximum Gasteiger partial charge on any atom is 0.0701 e. The van der Waals surface area contributed by atoms with Gasteiger partial charge in [-0.25, -0.2) is 0 Å². The number of rotatable bonds is 0. The van der Waals surface area contributed by atoms with Crippen molar-refractivity contribution >= 4 is 32.7 Å². The highest BCUT2D eigenvalue weighted by Gasteiger charge is 1.88. The summed E-state index contributed by atoms with van der Waals surface area (Å²) in [5.74, 6) is 0. The van der Waals surface area contributed by atoms with Crippen LogP contribution in [0, 0.1) is 6.92 Å². The van der Waals surface area contributed by atoms with Crippen LogP contribution >= 0.6 is 0 Å². The second-order valence-corrected chi connectivity index (χ2v) is 7.98. The van der Waals surface area contributed by atoms with E-state index in [2.05, 4.69) is 82.5 Å². The zero-order valence-electron chi connectivity index (χ0n) is 19.8. The first kappa shape index (κ1) is 23.5. The third-order valence-corrected chi connectivity index (χ3v) is 5.38. The molecule has 0 radical (unpaired) electrons. The molecule has 0 aliphatic heterocycles. The zero-order valence-corrected chi connectivity index (χ0v) is 19.8. The number of fused-ring (bicyclic) bond motifs is 3. The third-order valence-electron chi connectivity index (χ3n) is 5.38. The fraction of sp³-hybridized carbons (Fsp3) is 0.0312. The number of H-pyrrole nitrogens is 2. The lowest BCUT2D eigenvalue weighted by Gasteiger charge is -1.91. The minimum Gasteiger partial charge on any atom is -0.361 e. The number of hydrogen-bond donors (Lipinski definition) is 2. The summed E-state index contributed by atoms with van der Waals surface area (Å²) in [6.07, 6.45) is 5.71. The highest BCUT2D eigenvalue weighted by atomic mass is 14.7. The van der Waals surface area contributed by atoms with Crippen LogP contribution in [0.4, 0.5) is 0 Å². The van der Waals surface area contributed by atoms with Crippen LogP contribution in [0.3, 0.4) is 0 Å². The highest BCUT2D eigenvalue weighted by Crippen LogP contribution is 2.10. The van der Waals surface area contributed by atoms with Crippen molar-refractivity contribution in [1.29, 1.82) is 0 Å². The van der Waals surface area contributed by atoms with Gasteiger partial charge in [-0.1, -0.05) is 96.6 Å². The van der Waals surface area contributed by atoms with Crippen LogP contribution in [0.1, 0.15) is 5.56 Å². The molecule has 0 fully saturated rings. The van der Waals surface area contributed by atoms with Crippen molar-refractivity contribution in [3.8, 4) is 0 Å². The third kappa shape index (κ3) is 7.18. The van der Waals surface area contributed by atoms with E-state index in [0.29, 0.717) is 0 Å². The minimum atomic E-state index is 1.06. The monoisotopic (exact) mass is 455 g/mol. The Morgan fingerprint density at radius 3 is 1.46 bits per heavy atom. The average Bonchev–Trinajstić information content (AvgIpc) is 3.60. The minimum absolute atomic E-state index is 1.06. The van der Waals surface area contributed by atoms with Gasteiger partial charge < -0.3 is 9.97 Å². The maximum absolute atomic E-state index is 4.18. The van der Waals surface area contributed by atoms with Crippen LogP contribution in [0.5, 0.6) is 0 Å². The topological polar surface area (TPSA) is 44.5 Å². The Bertz CT molecular complexity index is 1370. The van der Waals surface area contributed by atoms with E-state index in [9.17, 15) is 0 Å². The molecule has 35 heavy (non-hydrogen) atoms. The lowest BCUT2D eigenvalue weighted by molar-refractivity contribution is 1.41. The van der Waals surface area contributed by atoms with Gasteiger partial charge in [0.25, 0.3) is 0 Å². The van der Waals surface area contributed by atoms with Crippen LogP contribution in [-0.2, 0) is 0 Å². The highest BCUT2D eigenvalue weighted by molar-refractivity contribution is 5.79. The number of para-hydroxylation sites is 3. The van der Waals surface area contributed by atoms with Crippen molar-refractivity contribution in [3.05, 3.63) is 152 Å². The van der Waals surface area contributed by atoms with Gasteiger partial charge in [-0.05, 0) is 54.1 Å². The molecule has 3 nitrogen and oxygen atoms in total. The predicted octanol–water partition coefficient (Wildman–Crippen LogP) is 8.57. The van der Waals surface area contributed by atoms with Crippen LogP contribution in [0.15, 0.2) is 146 Å². The van der Waals surface area contributed by atoms with Crippen LogP contribution in [0.2, 0.25) is 0 Å². The first-order valence-corrected chi connectivity index (χ1v) is 11.7. The van der Waals surface area contributed by atoms with Crippen molar-refractivity contribution in [2.45, 2.75) is 6.92 Å². The van der Waals surface area contributed by atoms with E-state index in [-0.39, 0.29) is 0 Å². The van der Waals surface area contributed by atoms with E-state index >= 15 is 0 Å². The summed E-state index contributed by atoms with van der Waals surface area (Å²) in [4.78, 5) is 10.4. The quantitative estimate of drug-likeness (QED) is 0.236. The van der Waals surface area contributed by atoms with E-state index < -0.39 is 0 Å². The summed E-state index contributed by atoms with van der Waals surface area (Å²) in [6.45, 7) is 2.08. The number of pyridine rings is 1. The summed E-state index contributed by atoms with van der Waals surface area (Å²) >= 11 is 0. The van der Waals surface area contributed by atoms with Crippen molar-refractivity contribution in [1.82, 2.24) is 15.0 Å². The molecule has 0 amide bonds. The molecular formula is C32H29N3. The van der Waals surface area contributed by atoms with E-state index in [1.165, 1.54) is 32.8 Å². The smallest absolute Gasteiger partial charge is 0.0701 e. The van der Waals surface area contributed by atoms with Gasteiger partial charge >= 0.3 is 0 Å². The summed E-state index contributed by atoms with van der Waals surface area (Å²) in [6, 6.07) is 42.9. The number of nitrogens with one attached hydrogen (secondary N) is 2. The number of benzene rings is 4. The van der Waals surface area contributed by atoms with Crippen molar-refractivity contribution in [2.24, 2.45) is 0 Å². The summed E-state index contributed by atoms with van der Waals surface area (Å²) in [5, 5.41) is 3.75. The first-order valence-electron chi connectivity index (χ1n) is 11.7. The predicted molar refractivity (Wildman–Crippen MR) is 150 cm³/mol. The molecule has 0 aliphatic carbocycles. The van der Waals surface area contributed by atoms with Gasteiger partial charge in [-0.3, -0.25) is 4.98 Å². The molecule has 3 heterocycles. The molecule has 0 bridgehead atoms. The Morgan fingerprint density at radius 2 is 0.943 bits per heavy atom. The number of nitrogens with zero attached hydrogens (tertiary/aromatic N) is 1. The number of aromatic amines is 2. The first-order chi connectivity index (χ1) is 17.3. The number of aryl methyl sites for hydroxylation is 1. The van der Waals surface area contributed by atoms with Crippen LogP contribution in [-0.4, -0.2) is 15.0 Å². The second kappa shape index (κ2) is 12.6. The van der Waals surface area contributed by atoms with Gasteiger partial charge in [-0.2, -0.15) is 0 Å². The van der Waals surface area contributed by atoms with Crippen LogP contribution in [0.25, 0.3) is 32.7 Å². The molecule has 0 saturated carbocycles. The Labute approximate surface area is 206 Å². The second-order valence-electron chi connectivity index (χ2n) is 7.98. The Hall–Kier alpha value is -4.63. The number of aromatic nitrogens is 3. The molecule has 0 spiro atoms. The molecule has 0 aliphatic rings. The summed E-state index contributed by atoms with van der Waals surface area (Å²) < 4.78 is 0. The van der Waals surface area contributed by atoms with E-state index in [1.54, 1.807) is 0 Å². The van der Waals surface area contributed by atoms with Crippen molar-refractivity contribution in [3.63, 3.8) is 0 Å². The van der Waals surface area contributed by atoms with Gasteiger partial charge in [0.05, 0.1) is 5.52 Å². The molecule has 0 atom stereocenters. The lowest BCUT2D eigenvalue weighted by Crippen LogP contribution is -1.73. The van der Waals surface area contributed by atoms with Crippen LogP contribution < -0.4 is 0 Å². The Balaban J connectivity index is 0.000000111. The molecule has 2 N–H and O–H groups in total.